The largest absolute Gasteiger partial charge is 0.476 e. The Morgan fingerprint density at radius 2 is 0.568 bits per heavy atom. The summed E-state index contributed by atoms with van der Waals surface area (Å²) in [6.07, 6.45) is 0.0770. The van der Waals surface area contributed by atoms with E-state index in [0.29, 0.717) is 0 Å². The maximum absolute atomic E-state index is 14.1. The summed E-state index contributed by atoms with van der Waals surface area (Å²) in [6, 6.07) is 0. The number of hydrogen-bond acceptors (Lipinski definition) is 16. The van der Waals surface area contributed by atoms with Crippen LogP contribution in [0.25, 0.3) is 0 Å². The lowest BCUT2D eigenvalue weighted by molar-refractivity contribution is -0.148. The molecule has 242 valence electrons. The molecule has 44 heavy (non-hydrogen) atoms. The van der Waals surface area contributed by atoms with Crippen molar-refractivity contribution in [3.8, 4) is 0 Å². The van der Waals surface area contributed by atoms with E-state index >= 15 is 0 Å². The lowest BCUT2D eigenvalue weighted by Gasteiger charge is -2.29. The number of ether oxygens (including phenoxy) is 6. The number of carbonyl (C=O) groups excluding carboxylic acids is 6. The molecule has 0 rings (SSSR count). The van der Waals surface area contributed by atoms with Gasteiger partial charge < -0.3 is 28.4 Å². The summed E-state index contributed by atoms with van der Waals surface area (Å²) in [6.45, 7) is 15.1. The van der Waals surface area contributed by atoms with Crippen LogP contribution in [0.1, 0.15) is 0 Å². The first kappa shape index (κ1) is 39.4. The molecule has 0 fully saturated rings. The van der Waals surface area contributed by atoms with Crippen LogP contribution in [0.4, 0.5) is 0 Å². The lowest BCUT2D eigenvalue weighted by Crippen LogP contribution is -2.34. The summed E-state index contributed by atoms with van der Waals surface area (Å²) < 4.78 is 59.9. The van der Waals surface area contributed by atoms with Crippen molar-refractivity contribution in [2.24, 2.45) is 0 Å². The van der Waals surface area contributed by atoms with Crippen LogP contribution in [-0.2, 0) is 75.3 Å². The monoisotopic (exact) mass is 644 g/mol. The third-order valence-corrected chi connectivity index (χ3v) is 5.97. The molecule has 0 saturated carbocycles. The average molecular weight is 645 g/mol. The lowest BCUT2D eigenvalue weighted by atomic mass is 10.4. The van der Waals surface area contributed by atoms with Crippen LogP contribution in [0.3, 0.4) is 0 Å². The van der Waals surface area contributed by atoms with Crippen molar-refractivity contribution in [2.75, 3.05) is 39.6 Å². The first-order valence-electron chi connectivity index (χ1n) is 12.2. The summed E-state index contributed by atoms with van der Waals surface area (Å²) >= 11 is 0. The van der Waals surface area contributed by atoms with Crippen LogP contribution in [0.15, 0.2) is 75.9 Å². The second-order valence-electron chi connectivity index (χ2n) is 7.63. The molecule has 0 N–H and O–H groups in total. The summed E-state index contributed by atoms with van der Waals surface area (Å²) in [7, 11) is -5.10. The van der Waals surface area contributed by atoms with Crippen LogP contribution in [0.2, 0.25) is 0 Å². The minimum Gasteiger partial charge on any atom is -0.460 e. The van der Waals surface area contributed by atoms with Crippen LogP contribution >= 0.6 is 7.82 Å². The van der Waals surface area contributed by atoms with Gasteiger partial charge in [0.1, 0.15) is 58.0 Å². The molecule has 0 atom stereocenters. The normalized spacial score (nSPS) is 10.6. The number of rotatable bonds is 24. The second kappa shape index (κ2) is 22.0. The Morgan fingerprint density at radius 3 is 0.705 bits per heavy atom. The van der Waals surface area contributed by atoms with Gasteiger partial charge >= 0.3 is 43.6 Å². The van der Waals surface area contributed by atoms with Gasteiger partial charge in [-0.15, -0.1) is 0 Å². The molecule has 0 aliphatic heterocycles. The first-order chi connectivity index (χ1) is 20.8. The Balaban J connectivity index is 6.54. The van der Waals surface area contributed by atoms with Gasteiger partial charge in [0.15, 0.2) is 0 Å². The van der Waals surface area contributed by atoms with Gasteiger partial charge in [0, 0.05) is 36.5 Å². The van der Waals surface area contributed by atoms with Gasteiger partial charge in [-0.25, -0.2) is 33.3 Å². The van der Waals surface area contributed by atoms with E-state index < -0.39 is 102 Å². The quantitative estimate of drug-likeness (QED) is 0.0634. The predicted molar refractivity (Wildman–Crippen MR) is 149 cm³/mol. The molecule has 0 aromatic heterocycles. The summed E-state index contributed by atoms with van der Waals surface area (Å²) in [5.74, 6) is -5.66. The second-order valence-corrected chi connectivity index (χ2v) is 9.16. The number of carbonyl (C=O) groups is 6. The highest BCUT2D eigenvalue weighted by Crippen LogP contribution is 2.53. The highest BCUT2D eigenvalue weighted by Gasteiger charge is 2.39. The highest BCUT2D eigenvalue weighted by molar-refractivity contribution is 7.48. The maximum atomic E-state index is 14.1. The minimum absolute atomic E-state index is 0.713. The Kier molecular flexibility index (Phi) is 19.7. The first-order valence-corrected chi connectivity index (χ1v) is 13.7. The number of esters is 6. The van der Waals surface area contributed by atoms with E-state index in [2.05, 4.69) is 39.5 Å². The third-order valence-electron chi connectivity index (χ3n) is 4.30. The van der Waals surface area contributed by atoms with Crippen molar-refractivity contribution in [1.29, 1.82) is 0 Å². The molecule has 0 aliphatic rings. The number of phosphoric ester groups is 1. The summed E-state index contributed by atoms with van der Waals surface area (Å²) in [5.41, 5.74) is 0. The smallest absolute Gasteiger partial charge is 0.460 e. The van der Waals surface area contributed by atoms with Crippen molar-refractivity contribution < 1.29 is 75.3 Å². The maximum Gasteiger partial charge on any atom is 0.476 e. The van der Waals surface area contributed by atoms with E-state index in [0.717, 1.165) is 36.5 Å². The number of hydrogen-bond donors (Lipinski definition) is 0. The van der Waals surface area contributed by atoms with Gasteiger partial charge in [-0.05, 0) is 0 Å². The molecule has 0 spiro atoms. The van der Waals surface area contributed by atoms with E-state index in [-0.39, 0.29) is 0 Å². The van der Waals surface area contributed by atoms with Crippen molar-refractivity contribution >= 4 is 43.6 Å². The minimum atomic E-state index is -5.10. The molecule has 0 heterocycles. The van der Waals surface area contributed by atoms with Crippen molar-refractivity contribution in [3.63, 3.8) is 0 Å². The zero-order chi connectivity index (χ0) is 33.5. The van der Waals surface area contributed by atoms with Crippen molar-refractivity contribution in [1.82, 2.24) is 0 Å². The molecule has 0 unspecified atom stereocenters. The Labute approximate surface area is 253 Å². The van der Waals surface area contributed by atoms with E-state index in [4.69, 9.17) is 42.0 Å². The Morgan fingerprint density at radius 1 is 0.409 bits per heavy atom. The molecule has 0 bridgehead atoms. The average Bonchev–Trinajstić information content (AvgIpc) is 3.03. The molecule has 0 aromatic rings. The van der Waals surface area contributed by atoms with Crippen molar-refractivity contribution in [3.05, 3.63) is 75.9 Å². The molecule has 17 heteroatoms. The van der Waals surface area contributed by atoms with E-state index in [1.165, 1.54) is 0 Å². The molecule has 0 radical (unpaired) electrons. The predicted octanol–water partition coefficient (Wildman–Crippen LogP) is 1.63. The fourth-order valence-electron chi connectivity index (χ4n) is 2.35. The fraction of sp³-hybridized carbons (Fsp3) is 0.333. The van der Waals surface area contributed by atoms with Gasteiger partial charge in [-0.3, -0.25) is 13.6 Å². The fourth-order valence-corrected chi connectivity index (χ4v) is 3.96. The van der Waals surface area contributed by atoms with Crippen molar-refractivity contribution in [2.45, 2.75) is 18.3 Å². The Bertz CT molecular complexity index is 933. The molecular weight excluding hydrogens is 611 g/mol. The zero-order valence-corrected chi connectivity index (χ0v) is 24.6. The number of phosphoric acid groups is 1. The zero-order valence-electron chi connectivity index (χ0n) is 23.7. The van der Waals surface area contributed by atoms with Crippen LogP contribution in [-0.4, -0.2) is 93.8 Å². The van der Waals surface area contributed by atoms with Gasteiger partial charge in [0.2, 0.25) is 0 Å². The van der Waals surface area contributed by atoms with Crippen LogP contribution in [0.5, 0.6) is 0 Å². The molecule has 0 aliphatic carbocycles. The topological polar surface area (TPSA) is 203 Å². The third kappa shape index (κ3) is 18.0. The summed E-state index contributed by atoms with van der Waals surface area (Å²) in [4.78, 5) is 70.0. The summed E-state index contributed by atoms with van der Waals surface area (Å²) in [5, 5.41) is 0. The molecule has 0 saturated heterocycles. The Hall–Kier alpha value is -4.63. The van der Waals surface area contributed by atoms with Gasteiger partial charge in [0.25, 0.3) is 0 Å². The standard InChI is InChI=1S/C27H33O16P/c1-7-22(28)35-13-19(14-36-23(29)8-2)41-44(34,42-20(15-37-24(30)9-3)16-38-25(31)10-4)43-21(17-39-26(32)11-5)18-40-27(33)12-6/h7-12,19-21H,1-6,13-18H2. The van der Waals surface area contributed by atoms with Crippen LogP contribution < -0.4 is 0 Å². The van der Waals surface area contributed by atoms with E-state index in [1.807, 2.05) is 0 Å². The molecular formula is C27H33O16P. The highest BCUT2D eigenvalue weighted by atomic mass is 31.2. The SMILES string of the molecule is C=CC(=O)OCC(COC(=O)C=C)OP(=O)(OC(COC(=O)C=C)COC(=O)C=C)OC(COC(=O)C=C)COC(=O)C=C. The van der Waals surface area contributed by atoms with Gasteiger partial charge in [0.05, 0.1) is 0 Å². The van der Waals surface area contributed by atoms with Crippen LogP contribution in [0, 0.1) is 0 Å². The van der Waals surface area contributed by atoms with Gasteiger partial charge in [-0.1, -0.05) is 39.5 Å². The van der Waals surface area contributed by atoms with E-state index in [9.17, 15) is 33.3 Å². The van der Waals surface area contributed by atoms with E-state index in [1.54, 1.807) is 0 Å². The molecule has 0 aromatic carbocycles. The van der Waals surface area contributed by atoms with Gasteiger partial charge in [-0.2, -0.15) is 0 Å². The molecule has 16 nitrogen and oxygen atoms in total. The molecule has 0 amide bonds.